The Morgan fingerprint density at radius 1 is 1.19 bits per heavy atom. The summed E-state index contributed by atoms with van der Waals surface area (Å²) in [6.45, 7) is 8.58. The summed E-state index contributed by atoms with van der Waals surface area (Å²) in [6, 6.07) is 9.89. The van der Waals surface area contributed by atoms with Crippen molar-refractivity contribution in [1.29, 1.82) is 5.41 Å². The number of unbranched alkanes of at least 4 members (excludes halogenated alkanes) is 1. The van der Waals surface area contributed by atoms with Gasteiger partial charge in [-0.1, -0.05) is 58.7 Å². The number of hydrogen-bond acceptors (Lipinski definition) is 2. The predicted molar refractivity (Wildman–Crippen MR) is 70.9 cm³/mol. The molecule has 0 radical (unpaired) electrons. The number of rotatable bonds is 3. The molecule has 0 unspecified atom stereocenters. The fourth-order valence-corrected chi connectivity index (χ4v) is 1.14. The number of hydrogen-bond donors (Lipinski definition) is 1. The van der Waals surface area contributed by atoms with E-state index in [2.05, 4.69) is 38.7 Å². The summed E-state index contributed by atoms with van der Waals surface area (Å²) in [5.41, 5.74) is 2.01. The van der Waals surface area contributed by atoms with Crippen LogP contribution in [0, 0.1) is 5.41 Å². The standard InChI is InChI=1S/C10H12N2.C4H10/c1-8(2)9-5-3-4-6-10(9)12-7-11;1-3-4-2/h3-6,8,11H,1-2H3;3-4H2,1-2H3. The number of nitrogens with zero attached hydrogens (tertiary/aromatic N) is 1. The number of benzene rings is 1. The van der Waals surface area contributed by atoms with Crippen molar-refractivity contribution >= 4 is 11.7 Å². The van der Waals surface area contributed by atoms with Gasteiger partial charge < -0.3 is 0 Å². The zero-order valence-electron chi connectivity index (χ0n) is 10.7. The van der Waals surface area contributed by atoms with E-state index in [-0.39, 0.29) is 0 Å². The molecule has 2 nitrogen and oxygen atoms in total. The molecule has 88 valence electrons. The summed E-state index contributed by atoms with van der Waals surface area (Å²) in [6.07, 6.45) is 2.64. The molecule has 1 rings (SSSR count). The van der Waals surface area contributed by atoms with Crippen LogP contribution >= 0.6 is 0 Å². The lowest BCUT2D eigenvalue weighted by atomic mass is 10.0. The maximum Gasteiger partial charge on any atom is 0.0918 e. The van der Waals surface area contributed by atoms with Crippen LogP contribution in [0.15, 0.2) is 29.3 Å². The van der Waals surface area contributed by atoms with Crippen molar-refractivity contribution < 1.29 is 0 Å². The smallest absolute Gasteiger partial charge is 0.0918 e. The van der Waals surface area contributed by atoms with Crippen LogP contribution in [0.3, 0.4) is 0 Å². The van der Waals surface area contributed by atoms with Gasteiger partial charge in [-0.05, 0) is 17.5 Å². The minimum atomic E-state index is 0.443. The molecule has 0 atom stereocenters. The summed E-state index contributed by atoms with van der Waals surface area (Å²) in [7, 11) is 0. The fourth-order valence-electron chi connectivity index (χ4n) is 1.14. The first-order chi connectivity index (χ1) is 7.67. The van der Waals surface area contributed by atoms with Crippen LogP contribution in [0.2, 0.25) is 0 Å². The zero-order valence-corrected chi connectivity index (χ0v) is 10.7. The van der Waals surface area contributed by atoms with E-state index in [4.69, 9.17) is 5.41 Å². The minimum Gasteiger partial charge on any atom is -0.241 e. The molecular weight excluding hydrogens is 196 g/mol. The number of nitrogens with one attached hydrogen (secondary N) is 1. The lowest BCUT2D eigenvalue weighted by Crippen LogP contribution is -1.86. The third-order valence-electron chi connectivity index (χ3n) is 2.24. The van der Waals surface area contributed by atoms with E-state index < -0.39 is 0 Å². The van der Waals surface area contributed by atoms with E-state index in [9.17, 15) is 0 Å². The Hall–Kier alpha value is -1.40. The molecule has 0 saturated heterocycles. The zero-order chi connectivity index (χ0) is 12.4. The van der Waals surface area contributed by atoms with Crippen LogP contribution < -0.4 is 0 Å². The van der Waals surface area contributed by atoms with Gasteiger partial charge in [0.15, 0.2) is 0 Å². The summed E-state index contributed by atoms with van der Waals surface area (Å²) >= 11 is 0. The second kappa shape index (κ2) is 8.87. The highest BCUT2D eigenvalue weighted by atomic mass is 14.7. The van der Waals surface area contributed by atoms with Crippen LogP contribution in [0.1, 0.15) is 52.0 Å². The van der Waals surface area contributed by atoms with Gasteiger partial charge in [-0.15, -0.1) is 0 Å². The first-order valence-corrected chi connectivity index (χ1v) is 5.88. The van der Waals surface area contributed by atoms with Crippen molar-refractivity contribution in [3.8, 4) is 0 Å². The van der Waals surface area contributed by atoms with E-state index in [0.29, 0.717) is 5.92 Å². The van der Waals surface area contributed by atoms with Gasteiger partial charge in [0, 0.05) is 0 Å². The second-order valence-corrected chi connectivity index (χ2v) is 3.94. The van der Waals surface area contributed by atoms with Gasteiger partial charge in [0.1, 0.15) is 0 Å². The van der Waals surface area contributed by atoms with E-state index >= 15 is 0 Å². The Balaban J connectivity index is 0.000000487. The normalized spacial score (nSPS) is 9.06. The van der Waals surface area contributed by atoms with Crippen LogP contribution in [0.4, 0.5) is 5.69 Å². The molecule has 0 aromatic heterocycles. The molecule has 0 aliphatic rings. The average Bonchev–Trinajstić information content (AvgIpc) is 2.30. The second-order valence-electron chi connectivity index (χ2n) is 3.94. The fraction of sp³-hybridized carbons (Fsp3) is 0.500. The van der Waals surface area contributed by atoms with E-state index in [0.717, 1.165) is 11.3 Å². The molecule has 1 N–H and O–H groups in total. The van der Waals surface area contributed by atoms with Crippen molar-refractivity contribution in [3.05, 3.63) is 29.8 Å². The van der Waals surface area contributed by atoms with Gasteiger partial charge in [-0.3, -0.25) is 0 Å². The molecule has 0 spiro atoms. The number of aliphatic imine (C=N–C) groups is 1. The van der Waals surface area contributed by atoms with Crippen molar-refractivity contribution in [2.75, 3.05) is 0 Å². The molecule has 0 bridgehead atoms. The highest BCUT2D eigenvalue weighted by Crippen LogP contribution is 2.25. The first-order valence-electron chi connectivity index (χ1n) is 5.88. The summed E-state index contributed by atoms with van der Waals surface area (Å²) < 4.78 is 0. The molecule has 0 amide bonds. The maximum absolute atomic E-state index is 6.76. The van der Waals surface area contributed by atoms with Gasteiger partial charge in [0.25, 0.3) is 0 Å². The molecule has 0 aliphatic heterocycles. The molecular formula is C14H22N2. The van der Waals surface area contributed by atoms with Crippen molar-refractivity contribution in [2.24, 2.45) is 4.99 Å². The average molecular weight is 218 g/mol. The van der Waals surface area contributed by atoms with Crippen molar-refractivity contribution in [1.82, 2.24) is 0 Å². The topological polar surface area (TPSA) is 36.2 Å². The van der Waals surface area contributed by atoms with E-state index in [1.54, 1.807) is 0 Å². The monoisotopic (exact) mass is 218 g/mol. The van der Waals surface area contributed by atoms with Gasteiger partial charge in [0.05, 0.1) is 11.7 Å². The Labute approximate surface area is 98.9 Å². The quantitative estimate of drug-likeness (QED) is 0.693. The van der Waals surface area contributed by atoms with Crippen LogP contribution in [0.25, 0.3) is 0 Å². The van der Waals surface area contributed by atoms with Crippen LogP contribution in [0.5, 0.6) is 0 Å². The highest BCUT2D eigenvalue weighted by molar-refractivity contribution is 5.55. The summed E-state index contributed by atoms with van der Waals surface area (Å²) in [5, 5.41) is 6.76. The van der Waals surface area contributed by atoms with E-state index in [1.807, 2.05) is 24.3 Å². The molecule has 16 heavy (non-hydrogen) atoms. The highest BCUT2D eigenvalue weighted by Gasteiger charge is 2.03. The largest absolute Gasteiger partial charge is 0.241 e. The third-order valence-corrected chi connectivity index (χ3v) is 2.24. The van der Waals surface area contributed by atoms with Gasteiger partial charge >= 0.3 is 0 Å². The predicted octanol–water partition coefficient (Wildman–Crippen LogP) is 5.00. The lowest BCUT2D eigenvalue weighted by molar-refractivity contribution is 0.867. The van der Waals surface area contributed by atoms with Crippen molar-refractivity contribution in [2.45, 2.75) is 46.5 Å². The minimum absolute atomic E-state index is 0.443. The number of para-hydroxylation sites is 1. The van der Waals surface area contributed by atoms with Gasteiger partial charge in [0.2, 0.25) is 0 Å². The summed E-state index contributed by atoms with van der Waals surface area (Å²) in [5.74, 6) is 0.443. The molecule has 1 aromatic rings. The molecule has 0 fully saturated rings. The Morgan fingerprint density at radius 2 is 1.75 bits per heavy atom. The molecule has 1 aromatic carbocycles. The lowest BCUT2D eigenvalue weighted by Gasteiger charge is -2.06. The van der Waals surface area contributed by atoms with Gasteiger partial charge in [-0.25, -0.2) is 5.41 Å². The van der Waals surface area contributed by atoms with Crippen LogP contribution in [-0.4, -0.2) is 6.01 Å². The molecule has 0 heterocycles. The Morgan fingerprint density at radius 3 is 2.19 bits per heavy atom. The first kappa shape index (κ1) is 14.6. The molecule has 0 saturated carbocycles. The van der Waals surface area contributed by atoms with Gasteiger partial charge in [-0.2, -0.15) is 4.99 Å². The third kappa shape index (κ3) is 5.47. The van der Waals surface area contributed by atoms with Crippen molar-refractivity contribution in [3.63, 3.8) is 0 Å². The Kier molecular flexibility index (Phi) is 8.10. The maximum atomic E-state index is 6.76. The molecule has 0 aliphatic carbocycles. The van der Waals surface area contributed by atoms with E-state index in [1.165, 1.54) is 12.8 Å². The molecule has 2 heteroatoms. The summed E-state index contributed by atoms with van der Waals surface area (Å²) in [4.78, 5) is 3.84. The van der Waals surface area contributed by atoms with Crippen LogP contribution in [-0.2, 0) is 0 Å². The SMILES string of the molecule is CC(C)c1ccccc1N=C=N.CCCC. The Bertz CT molecular complexity index is 334.